The minimum Gasteiger partial charge on any atom is -0.326 e. The lowest BCUT2D eigenvalue weighted by Gasteiger charge is -2.12. The first-order valence-corrected chi connectivity index (χ1v) is 4.97. The van der Waals surface area contributed by atoms with Crippen molar-refractivity contribution in [2.24, 2.45) is 5.73 Å². The maximum absolute atomic E-state index is 12.5. The zero-order valence-corrected chi connectivity index (χ0v) is 9.56. The van der Waals surface area contributed by atoms with Crippen molar-refractivity contribution >= 4 is 22.6 Å². The summed E-state index contributed by atoms with van der Waals surface area (Å²) >= 11 is 1.59. The van der Waals surface area contributed by atoms with Gasteiger partial charge in [-0.3, -0.25) is 0 Å². The average Bonchev–Trinajstić information content (AvgIpc) is 2.16. The summed E-state index contributed by atoms with van der Waals surface area (Å²) in [6.07, 6.45) is -4.45. The standard InChI is InChI=1S/C9H6F3IN2/c10-9(11,12)7-2-5(3-14)1-6(4-15)8(7)13/h1-2H,4,15H2. The lowest BCUT2D eigenvalue weighted by Crippen LogP contribution is -2.11. The van der Waals surface area contributed by atoms with Gasteiger partial charge in [0.2, 0.25) is 0 Å². The molecule has 0 aliphatic rings. The molecule has 1 aromatic carbocycles. The molecule has 1 rings (SSSR count). The SMILES string of the molecule is N#Cc1cc(CN)c(I)c(C(F)(F)F)c1. The van der Waals surface area contributed by atoms with Gasteiger partial charge in [-0.05, 0) is 40.3 Å². The van der Waals surface area contributed by atoms with Crippen LogP contribution in [0.5, 0.6) is 0 Å². The number of nitrogens with two attached hydrogens (primary N) is 1. The zero-order chi connectivity index (χ0) is 11.6. The number of rotatable bonds is 1. The number of hydrogen-bond donors (Lipinski definition) is 1. The molecule has 2 N–H and O–H groups in total. The molecule has 0 heterocycles. The summed E-state index contributed by atoms with van der Waals surface area (Å²) in [5.41, 5.74) is 4.81. The summed E-state index contributed by atoms with van der Waals surface area (Å²) in [5.74, 6) is 0. The van der Waals surface area contributed by atoms with Crippen LogP contribution >= 0.6 is 22.6 Å². The molecule has 0 spiro atoms. The van der Waals surface area contributed by atoms with Gasteiger partial charge in [0, 0.05) is 10.1 Å². The number of halogens is 4. The van der Waals surface area contributed by atoms with Crippen LogP contribution in [0.1, 0.15) is 16.7 Å². The fourth-order valence-electron chi connectivity index (χ4n) is 1.10. The molecule has 0 saturated carbocycles. The molecule has 0 amide bonds. The highest BCUT2D eigenvalue weighted by Gasteiger charge is 2.34. The van der Waals surface area contributed by atoms with E-state index in [0.717, 1.165) is 6.07 Å². The molecule has 0 aliphatic carbocycles. The summed E-state index contributed by atoms with van der Waals surface area (Å²) in [6.45, 7) is -0.0170. The smallest absolute Gasteiger partial charge is 0.326 e. The van der Waals surface area contributed by atoms with Crippen molar-refractivity contribution in [3.63, 3.8) is 0 Å². The van der Waals surface area contributed by atoms with E-state index >= 15 is 0 Å². The van der Waals surface area contributed by atoms with Crippen LogP contribution in [0.2, 0.25) is 0 Å². The van der Waals surface area contributed by atoms with Gasteiger partial charge in [0.05, 0.1) is 17.2 Å². The quantitative estimate of drug-likeness (QED) is 0.807. The first-order valence-electron chi connectivity index (χ1n) is 3.90. The molecule has 15 heavy (non-hydrogen) atoms. The van der Waals surface area contributed by atoms with Crippen LogP contribution in [0.3, 0.4) is 0 Å². The Bertz CT molecular complexity index is 421. The van der Waals surface area contributed by atoms with Gasteiger partial charge in [-0.1, -0.05) is 0 Å². The highest BCUT2D eigenvalue weighted by Crippen LogP contribution is 2.34. The Balaban J connectivity index is 3.46. The molecule has 80 valence electrons. The second-order valence-corrected chi connectivity index (χ2v) is 3.89. The number of nitrogens with zero attached hydrogens (tertiary/aromatic N) is 1. The minimum absolute atomic E-state index is 0.0170. The van der Waals surface area contributed by atoms with Crippen molar-refractivity contribution in [1.29, 1.82) is 5.26 Å². The van der Waals surface area contributed by atoms with Crippen molar-refractivity contribution in [1.82, 2.24) is 0 Å². The van der Waals surface area contributed by atoms with Crippen molar-refractivity contribution in [3.05, 3.63) is 32.4 Å². The summed E-state index contributed by atoms with van der Waals surface area (Å²) in [5, 5.41) is 8.58. The van der Waals surface area contributed by atoms with Crippen LogP contribution in [0.25, 0.3) is 0 Å². The summed E-state index contributed by atoms with van der Waals surface area (Å²) in [6, 6.07) is 3.89. The van der Waals surface area contributed by atoms with Crippen molar-refractivity contribution < 1.29 is 13.2 Å². The second-order valence-electron chi connectivity index (χ2n) is 2.81. The Morgan fingerprint density at radius 2 is 2.00 bits per heavy atom. The van der Waals surface area contributed by atoms with Gasteiger partial charge in [-0.2, -0.15) is 18.4 Å². The maximum atomic E-state index is 12.5. The van der Waals surface area contributed by atoms with E-state index in [2.05, 4.69) is 0 Å². The third-order valence-corrected chi connectivity index (χ3v) is 3.08. The number of alkyl halides is 3. The Labute approximate surface area is 98.0 Å². The van der Waals surface area contributed by atoms with Crippen LogP contribution in [0, 0.1) is 14.9 Å². The summed E-state index contributed by atoms with van der Waals surface area (Å²) in [7, 11) is 0. The normalized spacial score (nSPS) is 11.2. The molecule has 0 bridgehead atoms. The van der Waals surface area contributed by atoms with Gasteiger partial charge in [0.15, 0.2) is 0 Å². The monoisotopic (exact) mass is 326 g/mol. The molecule has 0 unspecified atom stereocenters. The lowest BCUT2D eigenvalue weighted by atomic mass is 10.1. The molecule has 0 aromatic heterocycles. The van der Waals surface area contributed by atoms with Crippen molar-refractivity contribution in [3.8, 4) is 6.07 Å². The fraction of sp³-hybridized carbons (Fsp3) is 0.222. The van der Waals surface area contributed by atoms with E-state index in [1.54, 1.807) is 28.7 Å². The molecule has 0 atom stereocenters. The maximum Gasteiger partial charge on any atom is 0.417 e. The molecular formula is C9H6F3IN2. The average molecular weight is 326 g/mol. The van der Waals surface area contributed by atoms with Gasteiger partial charge in [-0.15, -0.1) is 0 Å². The van der Waals surface area contributed by atoms with E-state index in [1.165, 1.54) is 6.07 Å². The van der Waals surface area contributed by atoms with E-state index in [0.29, 0.717) is 5.56 Å². The van der Waals surface area contributed by atoms with Gasteiger partial charge in [0.25, 0.3) is 0 Å². The number of hydrogen-bond acceptors (Lipinski definition) is 2. The lowest BCUT2D eigenvalue weighted by molar-refractivity contribution is -0.138. The predicted octanol–water partition coefficient (Wildman–Crippen LogP) is 2.64. The van der Waals surface area contributed by atoms with Crippen molar-refractivity contribution in [2.45, 2.75) is 12.7 Å². The van der Waals surface area contributed by atoms with E-state index in [9.17, 15) is 13.2 Å². The molecule has 1 aromatic rings. The number of benzene rings is 1. The van der Waals surface area contributed by atoms with E-state index < -0.39 is 11.7 Å². The number of nitriles is 1. The highest BCUT2D eigenvalue weighted by molar-refractivity contribution is 14.1. The van der Waals surface area contributed by atoms with Crippen molar-refractivity contribution in [2.75, 3.05) is 0 Å². The Kier molecular flexibility index (Phi) is 3.57. The molecule has 2 nitrogen and oxygen atoms in total. The van der Waals surface area contributed by atoms with Crippen LogP contribution in [0.4, 0.5) is 13.2 Å². The van der Waals surface area contributed by atoms with Crippen LogP contribution in [-0.2, 0) is 12.7 Å². The Morgan fingerprint density at radius 3 is 2.40 bits per heavy atom. The fourth-order valence-corrected chi connectivity index (χ4v) is 1.94. The topological polar surface area (TPSA) is 49.8 Å². The molecule has 0 radical (unpaired) electrons. The summed E-state index contributed by atoms with van der Waals surface area (Å²) in [4.78, 5) is 0. The predicted molar refractivity (Wildman–Crippen MR) is 56.8 cm³/mol. The van der Waals surface area contributed by atoms with Gasteiger partial charge >= 0.3 is 6.18 Å². The third-order valence-electron chi connectivity index (χ3n) is 1.80. The van der Waals surface area contributed by atoms with Gasteiger partial charge in [0.1, 0.15) is 0 Å². The molecular weight excluding hydrogens is 320 g/mol. The molecule has 6 heteroatoms. The van der Waals surface area contributed by atoms with E-state index in [4.69, 9.17) is 11.0 Å². The largest absolute Gasteiger partial charge is 0.417 e. The summed E-state index contributed by atoms with van der Waals surface area (Å²) < 4.78 is 37.6. The first kappa shape index (κ1) is 12.3. The van der Waals surface area contributed by atoms with Crippen LogP contribution < -0.4 is 5.73 Å². The van der Waals surface area contributed by atoms with E-state index in [-0.39, 0.29) is 15.7 Å². The molecule has 0 saturated heterocycles. The highest BCUT2D eigenvalue weighted by atomic mass is 127. The zero-order valence-electron chi connectivity index (χ0n) is 7.40. The Hall–Kier alpha value is -0.810. The molecule has 0 fully saturated rings. The van der Waals surface area contributed by atoms with Crippen LogP contribution in [0.15, 0.2) is 12.1 Å². The van der Waals surface area contributed by atoms with Gasteiger partial charge < -0.3 is 5.73 Å². The minimum atomic E-state index is -4.45. The first-order chi connectivity index (χ1) is 6.90. The second kappa shape index (κ2) is 4.37. The molecule has 0 aliphatic heterocycles. The Morgan fingerprint density at radius 1 is 1.40 bits per heavy atom. The van der Waals surface area contributed by atoms with Crippen LogP contribution in [-0.4, -0.2) is 0 Å². The van der Waals surface area contributed by atoms with Gasteiger partial charge in [-0.25, -0.2) is 0 Å². The van der Waals surface area contributed by atoms with E-state index in [1.807, 2.05) is 0 Å². The third kappa shape index (κ3) is 2.60.